The first kappa shape index (κ1) is 19.5. The van der Waals surface area contributed by atoms with Crippen molar-refractivity contribution in [1.82, 2.24) is 10.2 Å². The van der Waals surface area contributed by atoms with E-state index >= 15 is 0 Å². The summed E-state index contributed by atoms with van der Waals surface area (Å²) in [6, 6.07) is 7.38. The lowest BCUT2D eigenvalue weighted by Gasteiger charge is -2.35. The molecule has 2 aliphatic rings. The number of carbonyl (C=O) groups excluding carboxylic acids is 1. The average molecular weight is 379 g/mol. The van der Waals surface area contributed by atoms with Gasteiger partial charge >= 0.3 is 0 Å². The molecule has 26 heavy (non-hydrogen) atoms. The fourth-order valence-corrected chi connectivity index (χ4v) is 4.21. The van der Waals surface area contributed by atoms with Crippen LogP contribution < -0.4 is 10.1 Å². The van der Waals surface area contributed by atoms with Crippen LogP contribution in [0.1, 0.15) is 51.9 Å². The predicted octanol–water partition coefficient (Wildman–Crippen LogP) is 4.27. The molecule has 1 amide bonds. The lowest BCUT2D eigenvalue weighted by atomic mass is 9.88. The molecular formula is C21H31ClN2O2. The number of piperidine rings is 1. The Bertz CT molecular complexity index is 564. The Labute approximate surface area is 162 Å². The molecule has 1 N–H and O–H groups in total. The highest BCUT2D eigenvalue weighted by Gasteiger charge is 2.25. The standard InChI is InChI=1S/C21H31ClN2O2/c1-16(26-20-9-7-18(22)8-10-20)21(25)23-19-11-13-24(14-12-19)15-17-5-3-2-4-6-17/h7-10,16-17,19H,2-6,11-15H2,1H3,(H,23,25). The average Bonchev–Trinajstić information content (AvgIpc) is 2.66. The van der Waals surface area contributed by atoms with Gasteiger partial charge in [-0.05, 0) is 62.8 Å². The molecule has 3 rings (SSSR count). The van der Waals surface area contributed by atoms with E-state index in [1.54, 1.807) is 31.2 Å². The normalized spacial score (nSPS) is 21.3. The number of amides is 1. The Morgan fingerprint density at radius 2 is 1.81 bits per heavy atom. The van der Waals surface area contributed by atoms with E-state index in [4.69, 9.17) is 16.3 Å². The third-order valence-corrected chi connectivity index (χ3v) is 5.92. The molecule has 1 saturated heterocycles. The Kier molecular flexibility index (Phi) is 7.21. The minimum atomic E-state index is -0.503. The lowest BCUT2D eigenvalue weighted by molar-refractivity contribution is -0.128. The zero-order chi connectivity index (χ0) is 18.4. The molecule has 1 aromatic carbocycles. The lowest BCUT2D eigenvalue weighted by Crippen LogP contribution is -2.48. The molecule has 0 bridgehead atoms. The van der Waals surface area contributed by atoms with E-state index in [1.807, 2.05) is 0 Å². The summed E-state index contributed by atoms with van der Waals surface area (Å²) < 4.78 is 5.71. The predicted molar refractivity (Wildman–Crippen MR) is 106 cm³/mol. The molecule has 1 heterocycles. The first-order chi connectivity index (χ1) is 12.6. The van der Waals surface area contributed by atoms with Crippen molar-refractivity contribution in [3.05, 3.63) is 29.3 Å². The summed E-state index contributed by atoms with van der Waals surface area (Å²) in [5, 5.41) is 3.82. The SMILES string of the molecule is CC(Oc1ccc(Cl)cc1)C(=O)NC1CCN(CC2CCCCC2)CC1. The van der Waals surface area contributed by atoms with Crippen molar-refractivity contribution in [2.75, 3.05) is 19.6 Å². The number of hydrogen-bond acceptors (Lipinski definition) is 3. The van der Waals surface area contributed by atoms with Gasteiger partial charge in [0.25, 0.3) is 5.91 Å². The first-order valence-electron chi connectivity index (χ1n) is 10.0. The second-order valence-corrected chi connectivity index (χ2v) is 8.24. The van der Waals surface area contributed by atoms with Crippen molar-refractivity contribution in [3.8, 4) is 5.75 Å². The van der Waals surface area contributed by atoms with Gasteiger partial charge in [-0.25, -0.2) is 0 Å². The molecule has 1 aliphatic heterocycles. The number of nitrogens with one attached hydrogen (secondary N) is 1. The number of likely N-dealkylation sites (tertiary alicyclic amines) is 1. The molecule has 1 saturated carbocycles. The Morgan fingerprint density at radius 1 is 1.15 bits per heavy atom. The van der Waals surface area contributed by atoms with Gasteiger partial charge in [-0.2, -0.15) is 0 Å². The van der Waals surface area contributed by atoms with Gasteiger partial charge in [0, 0.05) is 30.7 Å². The third-order valence-electron chi connectivity index (χ3n) is 5.67. The van der Waals surface area contributed by atoms with Crippen LogP contribution in [-0.2, 0) is 4.79 Å². The van der Waals surface area contributed by atoms with Crippen LogP contribution in [-0.4, -0.2) is 42.6 Å². The number of ether oxygens (including phenoxy) is 1. The van der Waals surface area contributed by atoms with Gasteiger partial charge in [0.05, 0.1) is 0 Å². The molecule has 5 heteroatoms. The molecule has 0 aromatic heterocycles. The van der Waals surface area contributed by atoms with E-state index in [0.29, 0.717) is 10.8 Å². The number of carbonyl (C=O) groups is 1. The second-order valence-electron chi connectivity index (χ2n) is 7.80. The molecule has 1 aromatic rings. The van der Waals surface area contributed by atoms with E-state index in [1.165, 1.54) is 38.6 Å². The van der Waals surface area contributed by atoms with Crippen molar-refractivity contribution in [3.63, 3.8) is 0 Å². The number of nitrogens with zero attached hydrogens (tertiary/aromatic N) is 1. The van der Waals surface area contributed by atoms with Crippen LogP contribution in [0.2, 0.25) is 5.02 Å². The van der Waals surface area contributed by atoms with Gasteiger partial charge in [-0.15, -0.1) is 0 Å². The van der Waals surface area contributed by atoms with Gasteiger partial charge in [-0.3, -0.25) is 4.79 Å². The van der Waals surface area contributed by atoms with Crippen LogP contribution in [0.3, 0.4) is 0 Å². The number of hydrogen-bond donors (Lipinski definition) is 1. The summed E-state index contributed by atoms with van der Waals surface area (Å²) in [6.07, 6.45) is 8.59. The summed E-state index contributed by atoms with van der Waals surface area (Å²) in [5.41, 5.74) is 0. The maximum atomic E-state index is 12.4. The Balaban J connectivity index is 1.37. The quantitative estimate of drug-likeness (QED) is 0.803. The highest BCUT2D eigenvalue weighted by atomic mass is 35.5. The van der Waals surface area contributed by atoms with Crippen LogP contribution in [0, 0.1) is 5.92 Å². The fraction of sp³-hybridized carbons (Fsp3) is 0.667. The molecule has 2 fully saturated rings. The van der Waals surface area contributed by atoms with E-state index in [0.717, 1.165) is 31.8 Å². The van der Waals surface area contributed by atoms with Gasteiger partial charge in [0.1, 0.15) is 5.75 Å². The van der Waals surface area contributed by atoms with Crippen molar-refractivity contribution >= 4 is 17.5 Å². The van der Waals surface area contributed by atoms with Crippen molar-refractivity contribution in [2.24, 2.45) is 5.92 Å². The molecule has 1 aliphatic carbocycles. The van der Waals surface area contributed by atoms with Crippen LogP contribution in [0.5, 0.6) is 5.75 Å². The van der Waals surface area contributed by atoms with Crippen molar-refractivity contribution < 1.29 is 9.53 Å². The zero-order valence-corrected chi connectivity index (χ0v) is 16.5. The summed E-state index contributed by atoms with van der Waals surface area (Å²) in [4.78, 5) is 15.0. The number of benzene rings is 1. The van der Waals surface area contributed by atoms with Gasteiger partial charge in [0.2, 0.25) is 0 Å². The monoisotopic (exact) mass is 378 g/mol. The molecule has 4 nitrogen and oxygen atoms in total. The highest BCUT2D eigenvalue weighted by Crippen LogP contribution is 2.25. The van der Waals surface area contributed by atoms with Gasteiger partial charge < -0.3 is 15.0 Å². The largest absolute Gasteiger partial charge is 0.481 e. The Hall–Kier alpha value is -1.26. The summed E-state index contributed by atoms with van der Waals surface area (Å²) in [7, 11) is 0. The van der Waals surface area contributed by atoms with E-state index in [9.17, 15) is 4.79 Å². The molecule has 0 radical (unpaired) electrons. The second kappa shape index (κ2) is 9.61. The maximum Gasteiger partial charge on any atom is 0.260 e. The fourth-order valence-electron chi connectivity index (χ4n) is 4.08. The Morgan fingerprint density at radius 3 is 2.46 bits per heavy atom. The summed E-state index contributed by atoms with van der Waals surface area (Å²) in [6.45, 7) is 5.22. The summed E-state index contributed by atoms with van der Waals surface area (Å²) >= 11 is 5.87. The van der Waals surface area contributed by atoms with Gasteiger partial charge in [0.15, 0.2) is 6.10 Å². The van der Waals surface area contributed by atoms with E-state index < -0.39 is 6.10 Å². The number of rotatable bonds is 6. The minimum Gasteiger partial charge on any atom is -0.481 e. The van der Waals surface area contributed by atoms with Gasteiger partial charge in [-0.1, -0.05) is 30.9 Å². The molecule has 144 valence electrons. The first-order valence-corrected chi connectivity index (χ1v) is 10.4. The maximum absolute atomic E-state index is 12.4. The molecule has 0 spiro atoms. The highest BCUT2D eigenvalue weighted by molar-refractivity contribution is 6.30. The van der Waals surface area contributed by atoms with Crippen LogP contribution >= 0.6 is 11.6 Å². The van der Waals surface area contributed by atoms with Crippen LogP contribution in [0.25, 0.3) is 0 Å². The van der Waals surface area contributed by atoms with Crippen LogP contribution in [0.15, 0.2) is 24.3 Å². The third kappa shape index (κ3) is 5.88. The smallest absolute Gasteiger partial charge is 0.260 e. The minimum absolute atomic E-state index is 0.0364. The van der Waals surface area contributed by atoms with Crippen LogP contribution in [0.4, 0.5) is 0 Å². The van der Waals surface area contributed by atoms with E-state index in [-0.39, 0.29) is 11.9 Å². The molecule has 1 atom stereocenters. The van der Waals surface area contributed by atoms with Crippen molar-refractivity contribution in [2.45, 2.75) is 64.0 Å². The number of halogens is 1. The molecular weight excluding hydrogens is 348 g/mol. The topological polar surface area (TPSA) is 41.6 Å². The van der Waals surface area contributed by atoms with E-state index in [2.05, 4.69) is 10.2 Å². The zero-order valence-electron chi connectivity index (χ0n) is 15.8. The van der Waals surface area contributed by atoms with Crippen molar-refractivity contribution in [1.29, 1.82) is 0 Å². The summed E-state index contributed by atoms with van der Waals surface area (Å²) in [5.74, 6) is 1.52. The molecule has 1 unspecified atom stereocenters.